The number of halogens is 1. The van der Waals surface area contributed by atoms with Crippen LogP contribution in [0.15, 0.2) is 16.6 Å². The third-order valence-electron chi connectivity index (χ3n) is 3.84. The van der Waals surface area contributed by atoms with Gasteiger partial charge in [0.25, 0.3) is 5.91 Å². The van der Waals surface area contributed by atoms with Crippen molar-refractivity contribution in [3.63, 3.8) is 0 Å². The van der Waals surface area contributed by atoms with Gasteiger partial charge in [-0.15, -0.1) is 0 Å². The molecule has 1 fully saturated rings. The maximum absolute atomic E-state index is 12.3. The summed E-state index contributed by atoms with van der Waals surface area (Å²) in [6.45, 7) is 4.40. The molecule has 1 saturated heterocycles. The van der Waals surface area contributed by atoms with Crippen LogP contribution in [0.5, 0.6) is 11.5 Å². The molecule has 0 bridgehead atoms. The minimum Gasteiger partial charge on any atom is -0.492 e. The molecule has 0 radical (unpaired) electrons. The van der Waals surface area contributed by atoms with Crippen LogP contribution in [0.1, 0.15) is 36.5 Å². The molecule has 24 heavy (non-hydrogen) atoms. The van der Waals surface area contributed by atoms with Gasteiger partial charge in [-0.25, -0.2) is 0 Å². The third-order valence-corrected chi connectivity index (χ3v) is 4.43. The summed E-state index contributed by atoms with van der Waals surface area (Å²) in [6.07, 6.45) is 2.32. The molecule has 0 aromatic heterocycles. The lowest BCUT2D eigenvalue weighted by molar-refractivity contribution is -0.127. The Morgan fingerprint density at radius 3 is 2.83 bits per heavy atom. The number of benzene rings is 1. The second-order valence-corrected chi connectivity index (χ2v) is 6.37. The molecule has 0 unspecified atom stereocenters. The minimum absolute atomic E-state index is 0.174. The maximum Gasteiger partial charge on any atom is 0.251 e. The van der Waals surface area contributed by atoms with Crippen molar-refractivity contribution in [3.8, 4) is 11.5 Å². The van der Waals surface area contributed by atoms with Crippen molar-refractivity contribution in [1.82, 2.24) is 10.2 Å². The predicted octanol–water partition coefficient (Wildman–Crippen LogP) is 2.60. The Hall–Kier alpha value is -1.76. The highest BCUT2D eigenvalue weighted by Gasteiger charge is 2.19. The highest BCUT2D eigenvalue weighted by molar-refractivity contribution is 9.10. The number of methoxy groups -OCH3 is 1. The first-order valence-electron chi connectivity index (χ1n) is 8.13. The molecule has 0 aliphatic carbocycles. The summed E-state index contributed by atoms with van der Waals surface area (Å²) >= 11 is 3.40. The van der Waals surface area contributed by atoms with Crippen molar-refractivity contribution >= 4 is 27.7 Å². The molecule has 0 saturated carbocycles. The van der Waals surface area contributed by atoms with Crippen molar-refractivity contribution in [3.05, 3.63) is 22.2 Å². The average Bonchev–Trinajstić information content (AvgIpc) is 2.96. The predicted molar refractivity (Wildman–Crippen MR) is 94.6 cm³/mol. The van der Waals surface area contributed by atoms with Gasteiger partial charge in [0.2, 0.25) is 5.91 Å². The molecular formula is C17H23BrN2O4. The van der Waals surface area contributed by atoms with E-state index in [1.165, 1.54) is 0 Å². The summed E-state index contributed by atoms with van der Waals surface area (Å²) in [5, 5.41) is 2.88. The van der Waals surface area contributed by atoms with Crippen molar-refractivity contribution in [2.24, 2.45) is 0 Å². The van der Waals surface area contributed by atoms with Crippen molar-refractivity contribution in [1.29, 1.82) is 0 Å². The zero-order valence-corrected chi connectivity index (χ0v) is 15.6. The molecule has 132 valence electrons. The number of carbonyl (C=O) groups is 2. The summed E-state index contributed by atoms with van der Waals surface area (Å²) in [4.78, 5) is 25.7. The van der Waals surface area contributed by atoms with Gasteiger partial charge in [0, 0.05) is 31.6 Å². The molecular weight excluding hydrogens is 376 g/mol. The SMILES string of the molecule is CCOc1cc(C(=O)NCCCN2CCCC2=O)cc(Br)c1OC. The lowest BCUT2D eigenvalue weighted by Gasteiger charge is -2.16. The molecule has 1 aromatic rings. The van der Waals surface area contributed by atoms with Gasteiger partial charge >= 0.3 is 0 Å². The summed E-state index contributed by atoms with van der Waals surface area (Å²) in [5.41, 5.74) is 0.503. The van der Waals surface area contributed by atoms with E-state index in [9.17, 15) is 9.59 Å². The zero-order chi connectivity index (χ0) is 17.5. The average molecular weight is 399 g/mol. The van der Waals surface area contributed by atoms with Crippen molar-refractivity contribution < 1.29 is 19.1 Å². The minimum atomic E-state index is -0.174. The first-order valence-corrected chi connectivity index (χ1v) is 8.92. The maximum atomic E-state index is 12.3. The van der Waals surface area contributed by atoms with E-state index in [1.807, 2.05) is 11.8 Å². The van der Waals surface area contributed by atoms with E-state index in [0.717, 1.165) is 19.4 Å². The molecule has 6 nitrogen and oxygen atoms in total. The Labute approximate surface area is 150 Å². The largest absolute Gasteiger partial charge is 0.492 e. The van der Waals surface area contributed by atoms with Crippen LogP contribution >= 0.6 is 15.9 Å². The lowest BCUT2D eigenvalue weighted by atomic mass is 10.2. The van der Waals surface area contributed by atoms with E-state index < -0.39 is 0 Å². The molecule has 1 aliphatic rings. The Balaban J connectivity index is 1.90. The van der Waals surface area contributed by atoms with E-state index in [4.69, 9.17) is 9.47 Å². The number of likely N-dealkylation sites (tertiary alicyclic amines) is 1. The van der Waals surface area contributed by atoms with Crippen LogP contribution in [0.4, 0.5) is 0 Å². The molecule has 1 N–H and O–H groups in total. The topological polar surface area (TPSA) is 67.9 Å². The number of nitrogens with zero attached hydrogens (tertiary/aromatic N) is 1. The normalized spacial score (nSPS) is 14.0. The third kappa shape index (κ3) is 4.63. The van der Waals surface area contributed by atoms with E-state index in [0.29, 0.717) is 47.7 Å². The van der Waals surface area contributed by atoms with Crippen molar-refractivity contribution in [2.45, 2.75) is 26.2 Å². The van der Waals surface area contributed by atoms with Crippen molar-refractivity contribution in [2.75, 3.05) is 33.4 Å². The Morgan fingerprint density at radius 2 is 2.21 bits per heavy atom. The first kappa shape index (κ1) is 18.6. The van der Waals surface area contributed by atoms with Gasteiger partial charge in [0.15, 0.2) is 11.5 Å². The van der Waals surface area contributed by atoms with Gasteiger partial charge in [-0.05, 0) is 47.8 Å². The summed E-state index contributed by atoms with van der Waals surface area (Å²) < 4.78 is 11.5. The molecule has 2 amide bonds. The molecule has 0 atom stereocenters. The fourth-order valence-electron chi connectivity index (χ4n) is 2.67. The summed E-state index contributed by atoms with van der Waals surface area (Å²) in [5.74, 6) is 1.14. The fourth-order valence-corrected chi connectivity index (χ4v) is 3.28. The highest BCUT2D eigenvalue weighted by Crippen LogP contribution is 2.36. The standard InChI is InChI=1S/C17H23BrN2O4/c1-3-24-14-11-12(10-13(18)16(14)23-2)17(22)19-7-5-9-20-8-4-6-15(20)21/h10-11H,3-9H2,1-2H3,(H,19,22). The molecule has 0 spiro atoms. The monoisotopic (exact) mass is 398 g/mol. The molecule has 7 heteroatoms. The number of hydrogen-bond donors (Lipinski definition) is 1. The van der Waals surface area contributed by atoms with Gasteiger partial charge in [-0.1, -0.05) is 0 Å². The Kier molecular flexibility index (Phi) is 6.90. The van der Waals surface area contributed by atoms with Gasteiger partial charge in [-0.3, -0.25) is 9.59 Å². The second-order valence-electron chi connectivity index (χ2n) is 5.52. The van der Waals surface area contributed by atoms with Crippen LogP contribution < -0.4 is 14.8 Å². The van der Waals surface area contributed by atoms with Gasteiger partial charge < -0.3 is 19.7 Å². The van der Waals surface area contributed by atoms with E-state index >= 15 is 0 Å². The van der Waals surface area contributed by atoms with E-state index in [2.05, 4.69) is 21.2 Å². The Morgan fingerprint density at radius 1 is 1.42 bits per heavy atom. The second kappa shape index (κ2) is 8.92. The number of ether oxygens (including phenoxy) is 2. The van der Waals surface area contributed by atoms with E-state index in [1.54, 1.807) is 19.2 Å². The number of carbonyl (C=O) groups excluding carboxylic acids is 2. The van der Waals surface area contributed by atoms with Gasteiger partial charge in [0.05, 0.1) is 18.2 Å². The summed E-state index contributed by atoms with van der Waals surface area (Å²) in [6, 6.07) is 3.38. The molecule has 1 aliphatic heterocycles. The van der Waals surface area contributed by atoms with Crippen LogP contribution in [-0.4, -0.2) is 50.1 Å². The molecule has 2 rings (SSSR count). The van der Waals surface area contributed by atoms with Gasteiger partial charge in [-0.2, -0.15) is 0 Å². The Bertz CT molecular complexity index is 606. The van der Waals surface area contributed by atoms with Gasteiger partial charge in [0.1, 0.15) is 0 Å². The highest BCUT2D eigenvalue weighted by atomic mass is 79.9. The quantitative estimate of drug-likeness (QED) is 0.683. The van der Waals surface area contributed by atoms with Crippen LogP contribution in [0.2, 0.25) is 0 Å². The smallest absolute Gasteiger partial charge is 0.251 e. The van der Waals surface area contributed by atoms with Crippen LogP contribution in [0.25, 0.3) is 0 Å². The van der Waals surface area contributed by atoms with Crippen LogP contribution in [0.3, 0.4) is 0 Å². The number of hydrogen-bond acceptors (Lipinski definition) is 4. The molecule has 1 aromatic carbocycles. The van der Waals surface area contributed by atoms with E-state index in [-0.39, 0.29) is 11.8 Å². The number of rotatable bonds is 8. The van der Waals surface area contributed by atoms with Crippen LogP contribution in [0, 0.1) is 0 Å². The summed E-state index contributed by atoms with van der Waals surface area (Å²) in [7, 11) is 1.56. The number of amides is 2. The first-order chi connectivity index (χ1) is 11.6. The van der Waals surface area contributed by atoms with Crippen LogP contribution in [-0.2, 0) is 4.79 Å². The molecule has 1 heterocycles. The number of nitrogens with one attached hydrogen (secondary N) is 1. The zero-order valence-electron chi connectivity index (χ0n) is 14.1. The fraction of sp³-hybridized carbons (Fsp3) is 0.529. The lowest BCUT2D eigenvalue weighted by Crippen LogP contribution is -2.30.